The van der Waals surface area contributed by atoms with Gasteiger partial charge in [-0.15, -0.1) is 0 Å². The van der Waals surface area contributed by atoms with E-state index in [1.54, 1.807) is 0 Å². The summed E-state index contributed by atoms with van der Waals surface area (Å²) in [5.74, 6) is 0. The summed E-state index contributed by atoms with van der Waals surface area (Å²) in [6.45, 7) is 6.01. The zero-order valence-electron chi connectivity index (χ0n) is 7.56. The molecular weight excluding hydrogens is 156 g/mol. The number of rotatable bonds is 8. The Morgan fingerprint density at radius 2 is 1.36 bits per heavy atom. The van der Waals surface area contributed by atoms with E-state index in [1.807, 2.05) is 0 Å². The Bertz CT molecular complexity index is 61.1. The summed E-state index contributed by atoms with van der Waals surface area (Å²) in [5, 5.41) is 0. The van der Waals surface area contributed by atoms with Crippen molar-refractivity contribution in [3.05, 3.63) is 0 Å². The topological polar surface area (TPSA) is 18.5 Å². The highest BCUT2D eigenvalue weighted by atomic mass is 28.3. The maximum absolute atomic E-state index is 5.23. The van der Waals surface area contributed by atoms with Crippen LogP contribution in [0, 0.1) is 0 Å². The summed E-state index contributed by atoms with van der Waals surface area (Å²) in [6, 6.07) is 0. The minimum Gasteiger partial charge on any atom is -0.393 e. The highest BCUT2D eigenvalue weighted by Crippen LogP contribution is 1.89. The van der Waals surface area contributed by atoms with Crippen molar-refractivity contribution in [3.63, 3.8) is 0 Å². The molecule has 0 aromatic carbocycles. The van der Waals surface area contributed by atoms with Gasteiger partial charge in [-0.3, -0.25) is 0 Å². The van der Waals surface area contributed by atoms with Crippen LogP contribution < -0.4 is 0 Å². The van der Waals surface area contributed by atoms with Crippen molar-refractivity contribution in [2.45, 2.75) is 39.5 Å². The van der Waals surface area contributed by atoms with Crippen LogP contribution in [0.25, 0.3) is 0 Å². The first kappa shape index (κ1) is 11.1. The van der Waals surface area contributed by atoms with Gasteiger partial charge in [0, 0.05) is 13.2 Å². The minimum absolute atomic E-state index is 0.252. The van der Waals surface area contributed by atoms with Crippen LogP contribution in [0.1, 0.15) is 39.5 Å². The molecule has 11 heavy (non-hydrogen) atoms. The fraction of sp³-hybridized carbons (Fsp3) is 1.00. The quantitative estimate of drug-likeness (QED) is 0.415. The largest absolute Gasteiger partial charge is 0.433 e. The van der Waals surface area contributed by atoms with Crippen LogP contribution >= 0.6 is 0 Å². The molecule has 0 aliphatic carbocycles. The van der Waals surface area contributed by atoms with Crippen molar-refractivity contribution >= 4 is 10.0 Å². The second-order valence-electron chi connectivity index (χ2n) is 2.49. The number of hydrogen-bond donors (Lipinski definition) is 0. The van der Waals surface area contributed by atoms with E-state index in [9.17, 15) is 0 Å². The molecule has 66 valence electrons. The van der Waals surface area contributed by atoms with E-state index in [0.29, 0.717) is 0 Å². The van der Waals surface area contributed by atoms with Crippen molar-refractivity contribution in [2.75, 3.05) is 13.2 Å². The van der Waals surface area contributed by atoms with Crippen LogP contribution in [0.3, 0.4) is 0 Å². The summed E-state index contributed by atoms with van der Waals surface area (Å²) in [7, 11) is 0.252. The third kappa shape index (κ3) is 10.1. The van der Waals surface area contributed by atoms with Gasteiger partial charge in [0.15, 0.2) is 0 Å². The van der Waals surface area contributed by atoms with Crippen molar-refractivity contribution in [1.82, 2.24) is 0 Å². The zero-order chi connectivity index (χ0) is 8.36. The van der Waals surface area contributed by atoms with E-state index in [1.165, 1.54) is 12.8 Å². The lowest BCUT2D eigenvalue weighted by atomic mass is 10.4. The summed E-state index contributed by atoms with van der Waals surface area (Å²) in [4.78, 5) is 0. The molecule has 0 aromatic rings. The fourth-order valence-electron chi connectivity index (χ4n) is 0.558. The van der Waals surface area contributed by atoms with E-state index in [2.05, 4.69) is 13.8 Å². The van der Waals surface area contributed by atoms with Crippen molar-refractivity contribution in [2.24, 2.45) is 0 Å². The van der Waals surface area contributed by atoms with Gasteiger partial charge in [-0.05, 0) is 12.8 Å². The van der Waals surface area contributed by atoms with Gasteiger partial charge >= 0.3 is 10.0 Å². The van der Waals surface area contributed by atoms with Crippen LogP contribution in [0.4, 0.5) is 0 Å². The van der Waals surface area contributed by atoms with Gasteiger partial charge in [-0.1, -0.05) is 26.7 Å². The number of hydrogen-bond acceptors (Lipinski definition) is 2. The minimum atomic E-state index is 0.252. The third-order valence-electron chi connectivity index (χ3n) is 1.32. The molecule has 0 heterocycles. The third-order valence-corrected chi connectivity index (χ3v) is 1.96. The van der Waals surface area contributed by atoms with Gasteiger partial charge in [-0.2, -0.15) is 0 Å². The molecule has 0 spiro atoms. The molecule has 2 radical (unpaired) electrons. The molecule has 0 bridgehead atoms. The Labute approximate surface area is 72.3 Å². The average molecular weight is 174 g/mol. The molecule has 0 aromatic heterocycles. The molecule has 2 nitrogen and oxygen atoms in total. The van der Waals surface area contributed by atoms with Crippen molar-refractivity contribution in [3.8, 4) is 0 Å². The Hall–Kier alpha value is 0.137. The maximum Gasteiger partial charge on any atom is 0.433 e. The highest BCUT2D eigenvalue weighted by molar-refractivity contribution is 6.17. The molecule has 0 N–H and O–H groups in total. The molecule has 0 atom stereocenters. The molecule has 0 saturated heterocycles. The van der Waals surface area contributed by atoms with E-state index in [0.717, 1.165) is 26.1 Å². The lowest BCUT2D eigenvalue weighted by Crippen LogP contribution is -2.06. The van der Waals surface area contributed by atoms with Gasteiger partial charge < -0.3 is 8.85 Å². The predicted octanol–water partition coefficient (Wildman–Crippen LogP) is 2.15. The Morgan fingerprint density at radius 1 is 0.909 bits per heavy atom. The lowest BCUT2D eigenvalue weighted by molar-refractivity contribution is 0.216. The van der Waals surface area contributed by atoms with E-state index in [4.69, 9.17) is 8.85 Å². The smallest absolute Gasteiger partial charge is 0.393 e. The molecule has 0 rings (SSSR count). The first-order chi connectivity index (χ1) is 5.41. The van der Waals surface area contributed by atoms with Gasteiger partial charge in [0.1, 0.15) is 0 Å². The van der Waals surface area contributed by atoms with E-state index in [-0.39, 0.29) is 10.0 Å². The maximum atomic E-state index is 5.23. The standard InChI is InChI=1S/C8H18O2Si/c1-3-5-7-9-11-10-8-6-4-2/h3-8H2,1-2H3. The zero-order valence-corrected chi connectivity index (χ0v) is 8.56. The molecular formula is C8H18O2Si. The highest BCUT2D eigenvalue weighted by Gasteiger charge is 1.91. The SMILES string of the molecule is CCCCO[Si]OCCCC. The normalized spacial score (nSPS) is 10.4. The molecule has 0 aliphatic rings. The summed E-state index contributed by atoms with van der Waals surface area (Å²) >= 11 is 0. The Morgan fingerprint density at radius 3 is 1.73 bits per heavy atom. The Kier molecular flexibility index (Phi) is 10.3. The van der Waals surface area contributed by atoms with Crippen LogP contribution in [-0.2, 0) is 8.85 Å². The van der Waals surface area contributed by atoms with Crippen LogP contribution in [0.2, 0.25) is 0 Å². The van der Waals surface area contributed by atoms with Gasteiger partial charge in [0.2, 0.25) is 0 Å². The molecule has 0 fully saturated rings. The molecule has 0 unspecified atom stereocenters. The van der Waals surface area contributed by atoms with E-state index < -0.39 is 0 Å². The van der Waals surface area contributed by atoms with Crippen molar-refractivity contribution in [1.29, 1.82) is 0 Å². The van der Waals surface area contributed by atoms with Crippen molar-refractivity contribution < 1.29 is 8.85 Å². The van der Waals surface area contributed by atoms with Crippen LogP contribution in [0.15, 0.2) is 0 Å². The van der Waals surface area contributed by atoms with Gasteiger partial charge in [0.05, 0.1) is 0 Å². The molecule has 0 saturated carbocycles. The van der Waals surface area contributed by atoms with E-state index >= 15 is 0 Å². The van der Waals surface area contributed by atoms with Gasteiger partial charge in [0.25, 0.3) is 0 Å². The fourth-order valence-corrected chi connectivity index (χ4v) is 1.10. The first-order valence-electron chi connectivity index (χ1n) is 4.40. The Balaban J connectivity index is 2.69. The summed E-state index contributed by atoms with van der Waals surface area (Å²) in [6.07, 6.45) is 4.67. The summed E-state index contributed by atoms with van der Waals surface area (Å²) < 4.78 is 10.5. The second kappa shape index (κ2) is 10.1. The monoisotopic (exact) mass is 174 g/mol. The molecule has 3 heteroatoms. The second-order valence-corrected chi connectivity index (χ2v) is 3.23. The molecule has 0 aliphatic heterocycles. The van der Waals surface area contributed by atoms with Gasteiger partial charge in [-0.25, -0.2) is 0 Å². The molecule has 0 amide bonds. The first-order valence-corrected chi connectivity index (χ1v) is 5.22. The lowest BCUT2D eigenvalue weighted by Gasteiger charge is -2.01. The predicted molar refractivity (Wildman–Crippen MR) is 47.5 cm³/mol. The van der Waals surface area contributed by atoms with Crippen LogP contribution in [0.5, 0.6) is 0 Å². The van der Waals surface area contributed by atoms with Crippen LogP contribution in [-0.4, -0.2) is 23.2 Å². The average Bonchev–Trinajstić information content (AvgIpc) is 2.03. The number of unbranched alkanes of at least 4 members (excludes halogenated alkanes) is 2. The summed E-state index contributed by atoms with van der Waals surface area (Å²) in [5.41, 5.74) is 0.